The van der Waals surface area contributed by atoms with E-state index in [1.807, 2.05) is 0 Å². The summed E-state index contributed by atoms with van der Waals surface area (Å²) in [6.07, 6.45) is 0. The van der Waals surface area contributed by atoms with Crippen molar-refractivity contribution in [2.24, 2.45) is 0 Å². The van der Waals surface area contributed by atoms with E-state index in [0.29, 0.717) is 0 Å². The maximum atomic E-state index is 12.0. The Kier molecular flexibility index (Phi) is 2.27. The number of rotatable bonds is 0. The van der Waals surface area contributed by atoms with Crippen molar-refractivity contribution in [3.63, 3.8) is 0 Å². The van der Waals surface area contributed by atoms with E-state index in [1.165, 1.54) is 0 Å². The number of alkyl halides is 4. The Morgan fingerprint density at radius 2 is 0.722 bits per heavy atom. The summed E-state index contributed by atoms with van der Waals surface area (Å²) < 4.78 is -6.32. The molecule has 0 aromatic carbocycles. The first kappa shape index (κ1) is 13.2. The van der Waals surface area contributed by atoms with Gasteiger partial charge in [-0.1, -0.05) is 63.7 Å². The van der Waals surface area contributed by atoms with E-state index in [2.05, 4.69) is 74.4 Å². The van der Waals surface area contributed by atoms with Crippen LogP contribution < -0.4 is 10.6 Å². The van der Waals surface area contributed by atoms with E-state index in [9.17, 15) is 19.2 Å². The van der Waals surface area contributed by atoms with Crippen LogP contribution in [0.3, 0.4) is 0 Å². The maximum Gasteiger partial charge on any atom is 0.247 e. The summed E-state index contributed by atoms with van der Waals surface area (Å²) in [5, 5.41) is 4.23. The van der Waals surface area contributed by atoms with Crippen LogP contribution in [0.15, 0.2) is 0 Å². The van der Waals surface area contributed by atoms with Crippen LogP contribution in [-0.2, 0) is 19.2 Å². The zero-order valence-corrected chi connectivity index (χ0v) is 14.5. The lowest BCUT2D eigenvalue weighted by Crippen LogP contribution is -2.88. The van der Waals surface area contributed by atoms with Crippen molar-refractivity contribution in [1.82, 2.24) is 10.6 Å². The number of imide groups is 2. The molecule has 3 aliphatic rings. The second-order valence-electron chi connectivity index (χ2n) is 4.20. The molecule has 96 valence electrons. The molecule has 2 heterocycles. The van der Waals surface area contributed by atoms with Crippen molar-refractivity contribution < 1.29 is 19.2 Å². The highest BCUT2D eigenvalue weighted by Gasteiger charge is 3.00. The van der Waals surface area contributed by atoms with Gasteiger partial charge in [-0.05, 0) is 0 Å². The molecule has 10 heteroatoms. The molecular weight excluding hydrogens is 508 g/mol. The maximum absolute atomic E-state index is 12.0. The lowest BCUT2D eigenvalue weighted by molar-refractivity contribution is -0.132. The molecule has 2 saturated heterocycles. The zero-order chi connectivity index (χ0) is 13.7. The fourth-order valence-corrected chi connectivity index (χ4v) is 7.97. The molecule has 0 bridgehead atoms. The van der Waals surface area contributed by atoms with Gasteiger partial charge >= 0.3 is 0 Å². The second-order valence-corrected chi connectivity index (χ2v) is 8.96. The van der Waals surface area contributed by atoms with Gasteiger partial charge in [0.05, 0.1) is 0 Å². The van der Waals surface area contributed by atoms with Crippen LogP contribution >= 0.6 is 63.7 Å². The van der Waals surface area contributed by atoms with E-state index in [0.717, 1.165) is 0 Å². The number of amides is 4. The van der Waals surface area contributed by atoms with Crippen LogP contribution in [0.1, 0.15) is 0 Å². The standard InChI is InChI=1S/C8H2Br4N2O4/c9-5-1(15)13-2(16)6(5,10)8(12)4(18)14-3(17)7(5,8)11/h(H,13,15,16)(H,14,17,18). The molecule has 2 aliphatic heterocycles. The average molecular weight is 510 g/mol. The highest BCUT2D eigenvalue weighted by Crippen LogP contribution is 2.76. The van der Waals surface area contributed by atoms with Gasteiger partial charge in [0.25, 0.3) is 0 Å². The number of halogens is 4. The minimum Gasteiger partial charge on any atom is -0.294 e. The van der Waals surface area contributed by atoms with E-state index < -0.39 is 40.9 Å². The normalized spacial score (nSPS) is 53.6. The summed E-state index contributed by atoms with van der Waals surface area (Å²) in [6.45, 7) is 0. The Bertz CT molecular complexity index is 467. The van der Waals surface area contributed by atoms with Crippen LogP contribution in [0.2, 0.25) is 0 Å². The minimum atomic E-state index is -1.58. The molecule has 18 heavy (non-hydrogen) atoms. The summed E-state index contributed by atoms with van der Waals surface area (Å²) >= 11 is 12.6. The number of carbonyl (C=O) groups excluding carboxylic acids is 4. The fraction of sp³-hybridized carbons (Fsp3) is 0.500. The van der Waals surface area contributed by atoms with Gasteiger partial charge in [0, 0.05) is 0 Å². The molecule has 4 amide bonds. The molecule has 0 spiro atoms. The summed E-state index contributed by atoms with van der Waals surface area (Å²) in [5.41, 5.74) is 0. The number of nitrogens with one attached hydrogen (secondary N) is 2. The Hall–Kier alpha value is 0.200. The van der Waals surface area contributed by atoms with Gasteiger partial charge in [0.1, 0.15) is 0 Å². The van der Waals surface area contributed by atoms with Crippen molar-refractivity contribution in [2.45, 2.75) is 17.3 Å². The summed E-state index contributed by atoms with van der Waals surface area (Å²) in [5.74, 6) is -2.72. The van der Waals surface area contributed by atoms with E-state index in [1.54, 1.807) is 0 Å². The van der Waals surface area contributed by atoms with Crippen LogP contribution in [0.4, 0.5) is 0 Å². The fourth-order valence-electron chi connectivity index (χ4n) is 2.69. The van der Waals surface area contributed by atoms with Gasteiger partial charge in [0.15, 0.2) is 17.3 Å². The summed E-state index contributed by atoms with van der Waals surface area (Å²) in [6, 6.07) is 0. The predicted molar refractivity (Wildman–Crippen MR) is 72.9 cm³/mol. The Balaban J connectivity index is 2.38. The molecule has 0 atom stereocenters. The van der Waals surface area contributed by atoms with Gasteiger partial charge in [-0.25, -0.2) is 0 Å². The molecule has 0 aromatic rings. The molecule has 3 rings (SSSR count). The summed E-state index contributed by atoms with van der Waals surface area (Å²) in [7, 11) is 0. The Morgan fingerprint density at radius 1 is 0.556 bits per heavy atom. The van der Waals surface area contributed by atoms with Crippen LogP contribution in [0.25, 0.3) is 0 Å². The first-order valence-corrected chi connectivity index (χ1v) is 7.74. The number of hydrogen-bond donors (Lipinski definition) is 2. The highest BCUT2D eigenvalue weighted by molar-refractivity contribution is 9.17. The van der Waals surface area contributed by atoms with Crippen molar-refractivity contribution in [1.29, 1.82) is 0 Å². The predicted octanol–water partition coefficient (Wildman–Crippen LogP) is -0.152. The average Bonchev–Trinajstić information content (AvgIpc) is 2.57. The van der Waals surface area contributed by atoms with Crippen molar-refractivity contribution in [2.75, 3.05) is 0 Å². The van der Waals surface area contributed by atoms with Gasteiger partial charge in [-0.2, -0.15) is 0 Å². The molecule has 0 radical (unpaired) electrons. The Morgan fingerprint density at radius 3 is 0.889 bits per heavy atom. The monoisotopic (exact) mass is 506 g/mol. The smallest absolute Gasteiger partial charge is 0.247 e. The van der Waals surface area contributed by atoms with Gasteiger partial charge in [-0.15, -0.1) is 0 Å². The lowest BCUT2D eigenvalue weighted by atomic mass is 9.57. The first-order chi connectivity index (χ1) is 8.10. The number of fused-ring (bicyclic) bond motifs is 4. The Labute approximate surface area is 133 Å². The van der Waals surface area contributed by atoms with E-state index >= 15 is 0 Å². The molecule has 3 fully saturated rings. The SMILES string of the molecule is O=C1NC(=O)C2(Br)C1(Br)C1(Br)C(=O)NC(=O)C21Br. The largest absolute Gasteiger partial charge is 0.294 e. The number of hydrogen-bond acceptors (Lipinski definition) is 4. The molecule has 0 unspecified atom stereocenters. The van der Waals surface area contributed by atoms with Gasteiger partial charge in [0.2, 0.25) is 23.6 Å². The van der Waals surface area contributed by atoms with E-state index in [-0.39, 0.29) is 0 Å². The molecule has 1 saturated carbocycles. The van der Waals surface area contributed by atoms with Crippen molar-refractivity contribution >= 4 is 87.3 Å². The van der Waals surface area contributed by atoms with E-state index in [4.69, 9.17) is 0 Å². The number of carbonyl (C=O) groups is 4. The minimum absolute atomic E-state index is 0.679. The van der Waals surface area contributed by atoms with Crippen LogP contribution in [0, 0.1) is 0 Å². The quantitative estimate of drug-likeness (QED) is 0.351. The third-order valence-electron chi connectivity index (χ3n) is 3.60. The summed E-state index contributed by atoms with van der Waals surface area (Å²) in [4.78, 5) is 47.9. The molecule has 0 aromatic heterocycles. The second kappa shape index (κ2) is 3.09. The van der Waals surface area contributed by atoms with Crippen molar-refractivity contribution in [3.05, 3.63) is 0 Å². The molecule has 1 aliphatic carbocycles. The molecular formula is C8H2Br4N2O4. The van der Waals surface area contributed by atoms with Crippen molar-refractivity contribution in [3.8, 4) is 0 Å². The van der Waals surface area contributed by atoms with Gasteiger partial charge in [-0.3, -0.25) is 29.8 Å². The first-order valence-electron chi connectivity index (χ1n) is 4.57. The molecule has 2 N–H and O–H groups in total. The third-order valence-corrected chi connectivity index (χ3v) is 11.9. The zero-order valence-electron chi connectivity index (χ0n) is 8.14. The highest BCUT2D eigenvalue weighted by atomic mass is 79.9. The van der Waals surface area contributed by atoms with Gasteiger partial charge < -0.3 is 0 Å². The topological polar surface area (TPSA) is 92.3 Å². The lowest BCUT2D eigenvalue weighted by Gasteiger charge is -2.61. The molecule has 6 nitrogen and oxygen atoms in total. The van der Waals surface area contributed by atoms with Crippen LogP contribution in [-0.4, -0.2) is 40.9 Å². The third kappa shape index (κ3) is 0.805. The van der Waals surface area contributed by atoms with Crippen LogP contribution in [0.5, 0.6) is 0 Å².